The van der Waals surface area contributed by atoms with E-state index in [1.165, 1.54) is 0 Å². The monoisotopic (exact) mass is 424 g/mol. The Morgan fingerprint density at radius 3 is 2.70 bits per heavy atom. The van der Waals surface area contributed by atoms with Crippen LogP contribution in [0.5, 0.6) is 5.75 Å². The molecule has 0 bridgehead atoms. The summed E-state index contributed by atoms with van der Waals surface area (Å²) in [6, 6.07) is 12.4. The number of hydrogen-bond acceptors (Lipinski definition) is 5. The molecule has 1 heterocycles. The topological polar surface area (TPSA) is 95.5 Å². The molecular formula is C23H21ClN2O4. The number of nitrogens with zero attached hydrogens (tertiary/aromatic N) is 1. The molecule has 4 rings (SSSR count). The van der Waals surface area contributed by atoms with Crippen LogP contribution >= 0.6 is 11.6 Å². The second-order valence-electron chi connectivity index (χ2n) is 7.77. The summed E-state index contributed by atoms with van der Waals surface area (Å²) in [6.45, 7) is 3.84. The van der Waals surface area contributed by atoms with Crippen molar-refractivity contribution < 1.29 is 19.1 Å². The van der Waals surface area contributed by atoms with E-state index in [-0.39, 0.29) is 29.9 Å². The number of amides is 1. The van der Waals surface area contributed by atoms with Gasteiger partial charge in [0.2, 0.25) is 0 Å². The molecular weight excluding hydrogens is 404 g/mol. The zero-order chi connectivity index (χ0) is 21.4. The summed E-state index contributed by atoms with van der Waals surface area (Å²) >= 11 is 6.35. The lowest BCUT2D eigenvalue weighted by atomic mass is 9.89. The lowest BCUT2D eigenvalue weighted by Gasteiger charge is -2.31. The third-order valence-electron chi connectivity index (χ3n) is 5.01. The molecule has 0 aliphatic heterocycles. The van der Waals surface area contributed by atoms with Gasteiger partial charge >= 0.3 is 0 Å². The molecule has 30 heavy (non-hydrogen) atoms. The van der Waals surface area contributed by atoms with Crippen molar-refractivity contribution in [3.63, 3.8) is 0 Å². The molecule has 6 nitrogen and oxygen atoms in total. The first-order valence-corrected chi connectivity index (χ1v) is 10.1. The van der Waals surface area contributed by atoms with Crippen LogP contribution in [0.4, 0.5) is 0 Å². The van der Waals surface area contributed by atoms with Gasteiger partial charge in [-0.25, -0.2) is 0 Å². The molecule has 1 aliphatic carbocycles. The Hall–Kier alpha value is -3.01. The fourth-order valence-corrected chi connectivity index (χ4v) is 3.78. The van der Waals surface area contributed by atoms with Gasteiger partial charge < -0.3 is 19.6 Å². The van der Waals surface area contributed by atoms with Gasteiger partial charge in [-0.15, -0.1) is 0 Å². The molecule has 0 spiro atoms. The zero-order valence-electron chi connectivity index (χ0n) is 16.6. The smallest absolute Gasteiger partial charge is 0.287 e. The third kappa shape index (κ3) is 4.00. The van der Waals surface area contributed by atoms with E-state index >= 15 is 0 Å². The average molecular weight is 425 g/mol. The highest BCUT2D eigenvalue weighted by atomic mass is 35.5. The first kappa shape index (κ1) is 20.3. The van der Waals surface area contributed by atoms with Crippen LogP contribution in [0.25, 0.3) is 22.1 Å². The molecule has 2 N–H and O–H groups in total. The number of rotatable bonds is 5. The normalized spacial score (nSPS) is 18.1. The van der Waals surface area contributed by atoms with Crippen molar-refractivity contribution in [2.45, 2.75) is 44.9 Å². The van der Waals surface area contributed by atoms with Gasteiger partial charge in [-0.3, -0.25) is 4.79 Å². The lowest BCUT2D eigenvalue weighted by molar-refractivity contribution is 0.0552. The number of nitrogens with one attached hydrogen (secondary N) is 1. The predicted octanol–water partition coefficient (Wildman–Crippen LogP) is 4.67. The lowest BCUT2D eigenvalue weighted by Crippen LogP contribution is -2.46. The van der Waals surface area contributed by atoms with E-state index in [0.29, 0.717) is 51.3 Å². The van der Waals surface area contributed by atoms with E-state index in [0.717, 1.165) is 0 Å². The van der Waals surface area contributed by atoms with Crippen molar-refractivity contribution in [2.75, 3.05) is 0 Å². The summed E-state index contributed by atoms with van der Waals surface area (Å²) in [4.78, 5) is 12.6. The van der Waals surface area contributed by atoms with E-state index in [4.69, 9.17) is 20.8 Å². The average Bonchev–Trinajstić information content (AvgIpc) is 3.10. The molecule has 1 fully saturated rings. The number of carbonyl (C=O) groups excluding carboxylic acids is 1. The minimum absolute atomic E-state index is 0.0536. The van der Waals surface area contributed by atoms with Gasteiger partial charge in [0.1, 0.15) is 11.3 Å². The van der Waals surface area contributed by atoms with Crippen LogP contribution in [-0.2, 0) is 0 Å². The van der Waals surface area contributed by atoms with E-state index in [1.54, 1.807) is 36.4 Å². The van der Waals surface area contributed by atoms with E-state index < -0.39 is 0 Å². The van der Waals surface area contributed by atoms with Gasteiger partial charge in [-0.05, 0) is 63.1 Å². The first-order chi connectivity index (χ1) is 14.3. The standard InChI is InChI=1S/C23H21ClN2O4/c1-12(2)29-20-4-3-13(11-25)5-18(20)19-8-15(24)6-14-7-21(30-22(14)19)23(28)26-16-9-17(27)10-16/h3-8,12,16-17,27H,9-10H2,1-2H3,(H,26,28)/t16-,17+. The molecule has 0 unspecified atom stereocenters. The van der Waals surface area contributed by atoms with Crippen LogP contribution in [0.2, 0.25) is 5.02 Å². The van der Waals surface area contributed by atoms with Crippen molar-refractivity contribution in [3.8, 4) is 22.9 Å². The van der Waals surface area contributed by atoms with Crippen molar-refractivity contribution >= 4 is 28.5 Å². The number of aliphatic hydroxyl groups excluding tert-OH is 1. The molecule has 0 radical (unpaired) electrons. The highest BCUT2D eigenvalue weighted by molar-refractivity contribution is 6.32. The largest absolute Gasteiger partial charge is 0.490 e. The van der Waals surface area contributed by atoms with Crippen molar-refractivity contribution in [1.29, 1.82) is 5.26 Å². The fourth-order valence-electron chi connectivity index (χ4n) is 3.56. The summed E-state index contributed by atoms with van der Waals surface area (Å²) in [6.07, 6.45) is 0.657. The molecule has 1 aromatic heterocycles. The Morgan fingerprint density at radius 1 is 1.27 bits per heavy atom. The maximum atomic E-state index is 12.6. The second kappa shape index (κ2) is 8.02. The molecule has 0 saturated heterocycles. The van der Waals surface area contributed by atoms with Crippen LogP contribution < -0.4 is 10.1 Å². The number of nitriles is 1. The maximum Gasteiger partial charge on any atom is 0.287 e. The number of hydrogen-bond donors (Lipinski definition) is 2. The number of ether oxygens (including phenoxy) is 1. The molecule has 0 atom stereocenters. The molecule has 2 aromatic carbocycles. The summed E-state index contributed by atoms with van der Waals surface area (Å²) in [7, 11) is 0. The molecule has 1 saturated carbocycles. The third-order valence-corrected chi connectivity index (χ3v) is 5.23. The fraction of sp³-hybridized carbons (Fsp3) is 0.304. The number of furan rings is 1. The van der Waals surface area contributed by atoms with Crippen LogP contribution in [0.3, 0.4) is 0 Å². The molecule has 154 valence electrons. The van der Waals surface area contributed by atoms with Crippen LogP contribution in [-0.4, -0.2) is 29.3 Å². The summed E-state index contributed by atoms with van der Waals surface area (Å²) < 4.78 is 11.9. The number of aliphatic hydroxyl groups is 1. The molecule has 7 heteroatoms. The number of carbonyl (C=O) groups is 1. The van der Waals surface area contributed by atoms with Crippen LogP contribution in [0, 0.1) is 11.3 Å². The Bertz CT molecular complexity index is 1160. The Labute approximate surface area is 179 Å². The van der Waals surface area contributed by atoms with Crippen molar-refractivity contribution in [1.82, 2.24) is 5.32 Å². The first-order valence-electron chi connectivity index (χ1n) is 9.77. The predicted molar refractivity (Wildman–Crippen MR) is 114 cm³/mol. The van der Waals surface area contributed by atoms with E-state index in [1.807, 2.05) is 13.8 Å². The minimum atomic E-state index is -0.358. The van der Waals surface area contributed by atoms with Gasteiger partial charge in [0, 0.05) is 27.6 Å². The maximum absolute atomic E-state index is 12.6. The van der Waals surface area contributed by atoms with Gasteiger partial charge in [0.25, 0.3) is 5.91 Å². The number of benzene rings is 2. The highest BCUT2D eigenvalue weighted by Gasteiger charge is 2.29. The van der Waals surface area contributed by atoms with Crippen LogP contribution in [0.1, 0.15) is 42.8 Å². The molecule has 3 aromatic rings. The van der Waals surface area contributed by atoms with Gasteiger partial charge in [-0.2, -0.15) is 5.26 Å². The Kier molecular flexibility index (Phi) is 5.42. The molecule has 1 amide bonds. The Balaban J connectivity index is 1.79. The quantitative estimate of drug-likeness (QED) is 0.620. The second-order valence-corrected chi connectivity index (χ2v) is 8.20. The van der Waals surface area contributed by atoms with Gasteiger partial charge in [0.05, 0.1) is 23.8 Å². The number of fused-ring (bicyclic) bond motifs is 1. The Morgan fingerprint density at radius 2 is 2.03 bits per heavy atom. The summed E-state index contributed by atoms with van der Waals surface area (Å²) in [5, 5.41) is 22.8. The minimum Gasteiger partial charge on any atom is -0.490 e. The van der Waals surface area contributed by atoms with Crippen LogP contribution in [0.15, 0.2) is 40.8 Å². The molecule has 1 aliphatic rings. The highest BCUT2D eigenvalue weighted by Crippen LogP contribution is 2.39. The van der Waals surface area contributed by atoms with Crippen molar-refractivity contribution in [2.24, 2.45) is 0 Å². The van der Waals surface area contributed by atoms with E-state index in [2.05, 4.69) is 11.4 Å². The number of halogens is 1. The zero-order valence-corrected chi connectivity index (χ0v) is 17.4. The summed E-state index contributed by atoms with van der Waals surface area (Å²) in [5.41, 5.74) is 2.27. The van der Waals surface area contributed by atoms with E-state index in [9.17, 15) is 15.2 Å². The van der Waals surface area contributed by atoms with Gasteiger partial charge in [-0.1, -0.05) is 11.6 Å². The van der Waals surface area contributed by atoms with Gasteiger partial charge in [0.15, 0.2) is 5.76 Å². The van der Waals surface area contributed by atoms with Crippen molar-refractivity contribution in [3.05, 3.63) is 52.7 Å². The SMILES string of the molecule is CC(C)Oc1ccc(C#N)cc1-c1cc(Cl)cc2cc(C(=O)N[C@H]3C[C@@H](O)C3)oc12. The summed E-state index contributed by atoms with van der Waals surface area (Å²) in [5.74, 6) is 0.422.